The van der Waals surface area contributed by atoms with Crippen molar-refractivity contribution in [2.75, 3.05) is 13.8 Å². The largest absolute Gasteiger partial charge is 0.392 e. The lowest BCUT2D eigenvalue weighted by molar-refractivity contribution is -0.242. The highest BCUT2D eigenvalue weighted by atomic mass is 19.1. The Balaban J connectivity index is 1.48. The molecule has 5 heteroatoms. The van der Waals surface area contributed by atoms with Crippen LogP contribution in [0, 0.1) is 75.4 Å². The summed E-state index contributed by atoms with van der Waals surface area (Å²) < 4.78 is 19.0. The summed E-state index contributed by atoms with van der Waals surface area (Å²) in [5.41, 5.74) is -0.717. The van der Waals surface area contributed by atoms with Crippen molar-refractivity contribution in [2.45, 2.75) is 131 Å². The molecule has 0 aromatic rings. The Labute approximate surface area is 255 Å². The summed E-state index contributed by atoms with van der Waals surface area (Å²) in [6.07, 6.45) is 10.9. The van der Waals surface area contributed by atoms with Crippen LogP contribution in [-0.4, -0.2) is 42.7 Å². The van der Waals surface area contributed by atoms with Gasteiger partial charge in [-0.1, -0.05) is 54.4 Å². The van der Waals surface area contributed by atoms with Gasteiger partial charge < -0.3 is 9.84 Å². The molecule has 5 fully saturated rings. The van der Waals surface area contributed by atoms with Crippen LogP contribution in [0.2, 0.25) is 0 Å². The molecule has 5 aliphatic carbocycles. The maximum absolute atomic E-state index is 14.9. The molecule has 0 heterocycles. The van der Waals surface area contributed by atoms with Gasteiger partial charge in [0.15, 0.2) is 0 Å². The van der Waals surface area contributed by atoms with Crippen LogP contribution in [0.15, 0.2) is 0 Å². The maximum atomic E-state index is 14.9. The fourth-order valence-electron chi connectivity index (χ4n) is 12.9. The van der Waals surface area contributed by atoms with Crippen LogP contribution < -0.4 is 0 Å². The molecule has 15 atom stereocenters. The van der Waals surface area contributed by atoms with Gasteiger partial charge in [0.1, 0.15) is 11.6 Å². The molecule has 0 radical (unpaired) electrons. The van der Waals surface area contributed by atoms with E-state index in [2.05, 4.69) is 41.5 Å². The predicted octanol–water partition coefficient (Wildman–Crippen LogP) is 8.09. The number of methoxy groups -OCH3 is 1. The molecular formula is C37H61FO4. The van der Waals surface area contributed by atoms with Crippen LogP contribution in [0.4, 0.5) is 4.39 Å². The number of ketones is 2. The molecule has 4 nitrogen and oxygen atoms in total. The first kappa shape index (κ1) is 32.6. The zero-order valence-corrected chi connectivity index (χ0v) is 28.0. The fraction of sp³-hybridized carbons (Fsp3) is 0.946. The zero-order valence-electron chi connectivity index (χ0n) is 28.0. The predicted molar refractivity (Wildman–Crippen MR) is 165 cm³/mol. The Kier molecular flexibility index (Phi) is 9.19. The van der Waals surface area contributed by atoms with Crippen molar-refractivity contribution in [3.05, 3.63) is 0 Å². The zero-order chi connectivity index (χ0) is 30.8. The number of aliphatic hydroxyl groups is 1. The molecule has 1 N–H and O–H groups in total. The van der Waals surface area contributed by atoms with Crippen LogP contribution in [-0.2, 0) is 14.3 Å². The fourth-order valence-corrected chi connectivity index (χ4v) is 12.9. The number of halogens is 1. The van der Waals surface area contributed by atoms with E-state index in [9.17, 15) is 19.1 Å². The van der Waals surface area contributed by atoms with E-state index in [1.807, 2.05) is 7.11 Å². The topological polar surface area (TPSA) is 63.6 Å². The summed E-state index contributed by atoms with van der Waals surface area (Å²) in [7, 11) is 1.88. The third kappa shape index (κ3) is 4.97. The van der Waals surface area contributed by atoms with Crippen molar-refractivity contribution in [3.63, 3.8) is 0 Å². The van der Waals surface area contributed by atoms with Crippen LogP contribution in [0.25, 0.3) is 0 Å². The summed E-state index contributed by atoms with van der Waals surface area (Å²) in [6.45, 7) is 15.1. The first-order valence-corrected chi connectivity index (χ1v) is 17.5. The van der Waals surface area contributed by atoms with E-state index in [0.717, 1.165) is 51.4 Å². The summed E-state index contributed by atoms with van der Waals surface area (Å²) in [6, 6.07) is 0. The van der Waals surface area contributed by atoms with E-state index in [1.54, 1.807) is 6.92 Å². The standard InChI is InChI=1S/C37H61FO4/c1-21-12-14-26(27-17-25(11-9-10-16-38)13-15-29(27)42-8)28-19-35(5)20-36(6)18-22(2)30(24(4)39)34(41)37(36,7)23(3)32(35)33(40)31(21)28/h21-23,25-32,34,41H,9-20H2,1-8H3. The van der Waals surface area contributed by atoms with Gasteiger partial charge in [-0.25, -0.2) is 0 Å². The van der Waals surface area contributed by atoms with Gasteiger partial charge in [0.2, 0.25) is 0 Å². The molecular weight excluding hydrogens is 527 g/mol. The SMILES string of the molecule is COC1CCC(CCCCF)CC1C1CCC(C)C2C(=O)C3C(C)C4(C)C(O)C(C(C)=O)C(C)CC4(C)CC3(C)CC12. The summed E-state index contributed by atoms with van der Waals surface area (Å²) in [5, 5.41) is 11.9. The van der Waals surface area contributed by atoms with Crippen molar-refractivity contribution >= 4 is 11.6 Å². The maximum Gasteiger partial charge on any atom is 0.140 e. The van der Waals surface area contributed by atoms with Crippen LogP contribution in [0.1, 0.15) is 119 Å². The Bertz CT molecular complexity index is 1010. The number of carbonyl (C=O) groups is 2. The van der Waals surface area contributed by atoms with E-state index >= 15 is 0 Å². The Morgan fingerprint density at radius 1 is 0.976 bits per heavy atom. The molecule has 5 rings (SSSR count). The van der Waals surface area contributed by atoms with Crippen LogP contribution in [0.5, 0.6) is 0 Å². The molecule has 0 amide bonds. The van der Waals surface area contributed by atoms with E-state index in [-0.39, 0.29) is 59.0 Å². The molecule has 0 aromatic heterocycles. The van der Waals surface area contributed by atoms with E-state index in [0.29, 0.717) is 41.8 Å². The summed E-state index contributed by atoms with van der Waals surface area (Å²) >= 11 is 0. The van der Waals surface area contributed by atoms with Crippen molar-refractivity contribution in [1.82, 2.24) is 0 Å². The number of hydrogen-bond donors (Lipinski definition) is 1. The van der Waals surface area contributed by atoms with E-state index in [1.165, 1.54) is 12.8 Å². The van der Waals surface area contributed by atoms with Crippen LogP contribution >= 0.6 is 0 Å². The van der Waals surface area contributed by atoms with Gasteiger partial charge in [-0.15, -0.1) is 0 Å². The molecule has 5 aliphatic rings. The lowest BCUT2D eigenvalue weighted by Gasteiger charge is -2.70. The highest BCUT2D eigenvalue weighted by Gasteiger charge is 2.70. The van der Waals surface area contributed by atoms with Gasteiger partial charge in [0.25, 0.3) is 0 Å². The van der Waals surface area contributed by atoms with Gasteiger partial charge in [-0.2, -0.15) is 0 Å². The summed E-state index contributed by atoms with van der Waals surface area (Å²) in [5.74, 6) is 2.71. The van der Waals surface area contributed by atoms with Crippen molar-refractivity contribution < 1.29 is 23.8 Å². The molecule has 42 heavy (non-hydrogen) atoms. The van der Waals surface area contributed by atoms with Gasteiger partial charge >= 0.3 is 0 Å². The Morgan fingerprint density at radius 2 is 1.69 bits per heavy atom. The van der Waals surface area contributed by atoms with Crippen LogP contribution in [0.3, 0.4) is 0 Å². The number of fused-ring (bicyclic) bond motifs is 3. The molecule has 0 spiro atoms. The first-order valence-electron chi connectivity index (χ1n) is 17.5. The minimum absolute atomic E-state index is 0.0212. The normalized spacial score (nSPS) is 52.7. The highest BCUT2D eigenvalue weighted by molar-refractivity contribution is 5.86. The number of Topliss-reactive ketones (excluding diaryl/α,β-unsaturated/α-hetero) is 2. The molecule has 5 saturated carbocycles. The smallest absolute Gasteiger partial charge is 0.140 e. The average Bonchev–Trinajstić information content (AvgIpc) is 2.90. The molecule has 0 aliphatic heterocycles. The number of alkyl halides is 1. The Hall–Kier alpha value is -0.810. The van der Waals surface area contributed by atoms with Crippen molar-refractivity contribution in [3.8, 4) is 0 Å². The molecule has 15 unspecified atom stereocenters. The summed E-state index contributed by atoms with van der Waals surface area (Å²) in [4.78, 5) is 27.7. The molecule has 0 saturated heterocycles. The third-order valence-corrected chi connectivity index (χ3v) is 14.8. The number of ether oxygens (including phenoxy) is 1. The second kappa shape index (κ2) is 11.8. The highest BCUT2D eigenvalue weighted by Crippen LogP contribution is 2.72. The monoisotopic (exact) mass is 588 g/mol. The number of carbonyl (C=O) groups excluding carboxylic acids is 2. The molecule has 0 aromatic carbocycles. The van der Waals surface area contributed by atoms with Gasteiger partial charge in [-0.3, -0.25) is 14.0 Å². The minimum Gasteiger partial charge on any atom is -0.392 e. The Morgan fingerprint density at radius 3 is 2.33 bits per heavy atom. The molecule has 240 valence electrons. The van der Waals surface area contributed by atoms with Gasteiger partial charge in [0.05, 0.1) is 18.9 Å². The third-order valence-electron chi connectivity index (χ3n) is 14.8. The number of rotatable bonds is 7. The second-order valence-electron chi connectivity index (χ2n) is 17.0. The lowest BCUT2D eigenvalue weighted by Crippen LogP contribution is -2.69. The first-order chi connectivity index (χ1) is 19.7. The van der Waals surface area contributed by atoms with Gasteiger partial charge in [0, 0.05) is 30.3 Å². The van der Waals surface area contributed by atoms with Crippen molar-refractivity contribution in [2.24, 2.45) is 75.4 Å². The van der Waals surface area contributed by atoms with Gasteiger partial charge in [-0.05, 0) is 117 Å². The number of hydrogen-bond acceptors (Lipinski definition) is 4. The lowest BCUT2D eigenvalue weighted by atomic mass is 9.34. The average molecular weight is 589 g/mol. The van der Waals surface area contributed by atoms with E-state index < -0.39 is 11.5 Å². The second-order valence-corrected chi connectivity index (χ2v) is 17.0. The van der Waals surface area contributed by atoms with Crippen molar-refractivity contribution in [1.29, 1.82) is 0 Å². The molecule has 0 bridgehead atoms. The van der Waals surface area contributed by atoms with E-state index in [4.69, 9.17) is 4.74 Å². The quantitative estimate of drug-likeness (QED) is 0.305. The number of unbranched alkanes of at least 4 members (excludes halogenated alkanes) is 1. The minimum atomic E-state index is -0.718. The number of aliphatic hydroxyl groups excluding tert-OH is 1.